The maximum absolute atomic E-state index is 11.7. The fourth-order valence-corrected chi connectivity index (χ4v) is 3.51. The van der Waals surface area contributed by atoms with Gasteiger partial charge in [-0.1, -0.05) is 15.9 Å². The number of likely N-dealkylation sites (N-methyl/N-ethyl adjacent to an activating group) is 1. The van der Waals surface area contributed by atoms with E-state index in [1.165, 1.54) is 0 Å². The van der Waals surface area contributed by atoms with Crippen LogP contribution in [0.3, 0.4) is 0 Å². The minimum Gasteiger partial charge on any atom is -0.334 e. The molecule has 3 rings (SSSR count). The van der Waals surface area contributed by atoms with Gasteiger partial charge in [0.05, 0.1) is 22.8 Å². The molecule has 6 heteroatoms. The Morgan fingerprint density at radius 1 is 1.56 bits per heavy atom. The summed E-state index contributed by atoms with van der Waals surface area (Å²) in [6.45, 7) is 1.19. The molecule has 1 aromatic heterocycles. The Bertz CT molecular complexity index is 612. The van der Waals surface area contributed by atoms with Gasteiger partial charge in [0.1, 0.15) is 5.01 Å². The molecule has 94 valence electrons. The summed E-state index contributed by atoms with van der Waals surface area (Å²) >= 11 is 5.10. The molecule has 1 unspecified atom stereocenters. The normalized spacial score (nSPS) is 20.7. The number of carbonyl (C=O) groups excluding carboxylic acids is 1. The summed E-state index contributed by atoms with van der Waals surface area (Å²) in [5.74, 6) is 0.117. The van der Waals surface area contributed by atoms with Gasteiger partial charge in [0.15, 0.2) is 0 Å². The molecule has 2 heterocycles. The van der Waals surface area contributed by atoms with Crippen molar-refractivity contribution < 1.29 is 4.79 Å². The molecule has 1 fully saturated rings. The molecule has 0 aliphatic carbocycles. The molecule has 0 spiro atoms. The van der Waals surface area contributed by atoms with E-state index in [0.29, 0.717) is 6.54 Å². The van der Waals surface area contributed by atoms with E-state index in [9.17, 15) is 4.79 Å². The summed E-state index contributed by atoms with van der Waals surface area (Å²) in [7, 11) is 1.84. The Balaban J connectivity index is 2.01. The predicted molar refractivity (Wildman–Crippen MR) is 75.7 cm³/mol. The van der Waals surface area contributed by atoms with Gasteiger partial charge in [-0.15, -0.1) is 11.3 Å². The average Bonchev–Trinajstić information content (AvgIpc) is 2.75. The monoisotopic (exact) mass is 325 g/mol. The first-order valence-corrected chi connectivity index (χ1v) is 7.28. The molecule has 1 aromatic carbocycles. The van der Waals surface area contributed by atoms with Crippen molar-refractivity contribution in [1.29, 1.82) is 0 Å². The van der Waals surface area contributed by atoms with Gasteiger partial charge in [-0.25, -0.2) is 4.98 Å². The molecule has 1 aliphatic rings. The number of aromatic nitrogens is 1. The van der Waals surface area contributed by atoms with E-state index < -0.39 is 0 Å². The third-order valence-electron chi connectivity index (χ3n) is 3.13. The predicted octanol–water partition coefficient (Wildman–Crippen LogP) is 2.16. The van der Waals surface area contributed by atoms with Crippen molar-refractivity contribution in [3.05, 3.63) is 27.7 Å². The third kappa shape index (κ3) is 2.04. The molecule has 2 aromatic rings. The summed E-state index contributed by atoms with van der Waals surface area (Å²) in [5, 5.41) is 4.13. The van der Waals surface area contributed by atoms with Gasteiger partial charge >= 0.3 is 0 Å². The average molecular weight is 326 g/mol. The van der Waals surface area contributed by atoms with Gasteiger partial charge in [-0.2, -0.15) is 0 Å². The number of amides is 1. The molecule has 1 saturated heterocycles. The summed E-state index contributed by atoms with van der Waals surface area (Å²) in [6.07, 6.45) is 0. The van der Waals surface area contributed by atoms with Crippen LogP contribution >= 0.6 is 27.3 Å². The quantitative estimate of drug-likeness (QED) is 0.873. The number of halogens is 1. The lowest BCUT2D eigenvalue weighted by molar-refractivity contribution is -0.133. The summed E-state index contributed by atoms with van der Waals surface area (Å²) < 4.78 is 2.18. The highest BCUT2D eigenvalue weighted by Crippen LogP contribution is 2.31. The van der Waals surface area contributed by atoms with Gasteiger partial charge in [0.2, 0.25) is 5.91 Å². The maximum Gasteiger partial charge on any atom is 0.236 e. The topological polar surface area (TPSA) is 45.2 Å². The SMILES string of the molecule is CN1C(=O)CNCC1c1nc2cc(Br)ccc2s1. The van der Waals surface area contributed by atoms with Crippen molar-refractivity contribution in [3.63, 3.8) is 0 Å². The second kappa shape index (κ2) is 4.60. The molecule has 4 nitrogen and oxygen atoms in total. The number of hydrogen-bond acceptors (Lipinski definition) is 4. The number of fused-ring (bicyclic) bond motifs is 1. The van der Waals surface area contributed by atoms with Crippen LogP contribution in [0.4, 0.5) is 0 Å². The van der Waals surface area contributed by atoms with Gasteiger partial charge in [-0.05, 0) is 18.2 Å². The van der Waals surface area contributed by atoms with Crippen LogP contribution in [0.15, 0.2) is 22.7 Å². The van der Waals surface area contributed by atoms with Crippen molar-refractivity contribution in [3.8, 4) is 0 Å². The van der Waals surface area contributed by atoms with Crippen LogP contribution < -0.4 is 5.32 Å². The first kappa shape index (κ1) is 12.1. The van der Waals surface area contributed by atoms with E-state index in [1.807, 2.05) is 19.2 Å². The van der Waals surface area contributed by atoms with E-state index in [2.05, 4.69) is 32.3 Å². The first-order chi connectivity index (χ1) is 8.65. The van der Waals surface area contributed by atoms with E-state index >= 15 is 0 Å². The maximum atomic E-state index is 11.7. The Kier molecular flexibility index (Phi) is 3.09. The van der Waals surface area contributed by atoms with Crippen LogP contribution in [0.1, 0.15) is 11.0 Å². The van der Waals surface area contributed by atoms with Gasteiger partial charge in [0.25, 0.3) is 0 Å². The number of nitrogens with zero attached hydrogens (tertiary/aromatic N) is 2. The number of carbonyl (C=O) groups is 1. The summed E-state index contributed by atoms with van der Waals surface area (Å²) in [5.41, 5.74) is 0.982. The van der Waals surface area contributed by atoms with Crippen LogP contribution in [-0.2, 0) is 4.79 Å². The van der Waals surface area contributed by atoms with Crippen LogP contribution in [0.5, 0.6) is 0 Å². The first-order valence-electron chi connectivity index (χ1n) is 5.67. The van der Waals surface area contributed by atoms with Crippen LogP contribution in [0.25, 0.3) is 10.2 Å². The van der Waals surface area contributed by atoms with Crippen molar-refractivity contribution >= 4 is 43.4 Å². The minimum atomic E-state index is 0.0439. The Labute approximate surface area is 117 Å². The lowest BCUT2D eigenvalue weighted by Gasteiger charge is -2.31. The number of thiazole rings is 1. The number of rotatable bonds is 1. The van der Waals surface area contributed by atoms with Crippen LogP contribution in [-0.4, -0.2) is 35.9 Å². The van der Waals surface area contributed by atoms with Gasteiger partial charge < -0.3 is 10.2 Å². The highest BCUT2D eigenvalue weighted by atomic mass is 79.9. The van der Waals surface area contributed by atoms with Crippen molar-refractivity contribution in [2.45, 2.75) is 6.04 Å². The zero-order valence-corrected chi connectivity index (χ0v) is 12.2. The second-order valence-corrected chi connectivity index (χ2v) is 6.29. The molecule has 1 atom stereocenters. The van der Waals surface area contributed by atoms with E-state index in [4.69, 9.17) is 0 Å². The Morgan fingerprint density at radius 2 is 2.39 bits per heavy atom. The van der Waals surface area contributed by atoms with Crippen LogP contribution in [0.2, 0.25) is 0 Å². The number of hydrogen-bond donors (Lipinski definition) is 1. The van der Waals surface area contributed by atoms with Gasteiger partial charge in [0, 0.05) is 18.1 Å². The molecule has 1 amide bonds. The Hall–Kier alpha value is -0.980. The number of nitrogens with one attached hydrogen (secondary N) is 1. The van der Waals surface area contributed by atoms with Crippen molar-refractivity contribution in [1.82, 2.24) is 15.2 Å². The third-order valence-corrected chi connectivity index (χ3v) is 4.76. The highest BCUT2D eigenvalue weighted by molar-refractivity contribution is 9.10. The largest absolute Gasteiger partial charge is 0.334 e. The van der Waals surface area contributed by atoms with Crippen LogP contribution in [0, 0.1) is 0 Å². The fraction of sp³-hybridized carbons (Fsp3) is 0.333. The molecular formula is C12H12BrN3OS. The lowest BCUT2D eigenvalue weighted by Crippen LogP contribution is -2.47. The molecule has 18 heavy (non-hydrogen) atoms. The van der Waals surface area contributed by atoms with E-state index in [0.717, 1.165) is 26.2 Å². The summed E-state index contributed by atoms with van der Waals surface area (Å²) in [4.78, 5) is 18.1. The molecular weight excluding hydrogens is 314 g/mol. The standard InChI is InChI=1S/C12H12BrN3OS/c1-16-9(5-14-6-11(16)17)12-15-8-4-7(13)2-3-10(8)18-12/h2-4,9,14H,5-6H2,1H3. The molecule has 1 N–H and O–H groups in total. The summed E-state index contributed by atoms with van der Waals surface area (Å²) in [6, 6.07) is 6.12. The van der Waals surface area contributed by atoms with E-state index in [1.54, 1.807) is 16.2 Å². The van der Waals surface area contributed by atoms with Gasteiger partial charge in [-0.3, -0.25) is 4.79 Å². The number of piperazine rings is 1. The highest BCUT2D eigenvalue weighted by Gasteiger charge is 2.28. The lowest BCUT2D eigenvalue weighted by atomic mass is 10.2. The molecule has 0 bridgehead atoms. The molecule has 0 radical (unpaired) electrons. The zero-order chi connectivity index (χ0) is 12.7. The minimum absolute atomic E-state index is 0.0439. The van der Waals surface area contributed by atoms with Crippen molar-refractivity contribution in [2.24, 2.45) is 0 Å². The van der Waals surface area contributed by atoms with Crippen molar-refractivity contribution in [2.75, 3.05) is 20.1 Å². The number of benzene rings is 1. The fourth-order valence-electron chi connectivity index (χ4n) is 2.07. The molecule has 0 saturated carbocycles. The Morgan fingerprint density at radius 3 is 3.22 bits per heavy atom. The smallest absolute Gasteiger partial charge is 0.236 e. The second-order valence-electron chi connectivity index (χ2n) is 4.32. The zero-order valence-electron chi connectivity index (χ0n) is 9.81. The van der Waals surface area contributed by atoms with E-state index in [-0.39, 0.29) is 11.9 Å². The molecule has 1 aliphatic heterocycles.